The number of ether oxygens (including phenoxy) is 1. The van der Waals surface area contributed by atoms with E-state index in [9.17, 15) is 13.6 Å². The number of carbonyl (C=O) groups excluding carboxylic acids is 1. The first kappa shape index (κ1) is 25.9. The second-order valence-corrected chi connectivity index (χ2v) is 10.0. The SMILES string of the molecule is CC(C)c1ccc(-c2c([C@H](Cc3cc(F)cc(F)c3)NC(=O)OC(C)(C)C)nc3ncnn3c2N)cn1. The monoisotopic (exact) mass is 509 g/mol. The van der Waals surface area contributed by atoms with E-state index in [4.69, 9.17) is 10.5 Å². The first-order chi connectivity index (χ1) is 17.4. The van der Waals surface area contributed by atoms with Crippen LogP contribution in [0.4, 0.5) is 19.4 Å². The molecule has 0 unspecified atom stereocenters. The average Bonchev–Trinajstić information content (AvgIpc) is 3.26. The van der Waals surface area contributed by atoms with E-state index in [1.54, 1.807) is 27.0 Å². The maximum absolute atomic E-state index is 14.0. The Hall–Kier alpha value is -4.15. The summed E-state index contributed by atoms with van der Waals surface area (Å²) in [5, 5.41) is 6.95. The number of hydrogen-bond acceptors (Lipinski definition) is 7. The number of fused-ring (bicyclic) bond motifs is 1. The molecule has 37 heavy (non-hydrogen) atoms. The summed E-state index contributed by atoms with van der Waals surface area (Å²) in [5.74, 6) is -0.839. The number of aromatic nitrogens is 5. The van der Waals surface area contributed by atoms with Gasteiger partial charge in [0.15, 0.2) is 0 Å². The van der Waals surface area contributed by atoms with Crippen molar-refractivity contribution < 1.29 is 18.3 Å². The highest BCUT2D eigenvalue weighted by Gasteiger charge is 2.28. The molecule has 3 heterocycles. The number of halogens is 2. The van der Waals surface area contributed by atoms with Gasteiger partial charge in [-0.15, -0.1) is 0 Å². The zero-order valence-electron chi connectivity index (χ0n) is 21.3. The van der Waals surface area contributed by atoms with Gasteiger partial charge in [0.1, 0.15) is 29.4 Å². The summed E-state index contributed by atoms with van der Waals surface area (Å²) in [6, 6.07) is 6.03. The fourth-order valence-corrected chi connectivity index (χ4v) is 3.96. The molecule has 3 aromatic heterocycles. The number of alkyl carbamates (subject to hydrolysis) is 1. The molecule has 0 aliphatic carbocycles. The number of nitrogens with one attached hydrogen (secondary N) is 1. The summed E-state index contributed by atoms with van der Waals surface area (Å²) in [6.07, 6.45) is 2.25. The van der Waals surface area contributed by atoms with Crippen molar-refractivity contribution in [3.8, 4) is 11.1 Å². The molecular formula is C26H29F2N7O2. The Morgan fingerprint density at radius 3 is 2.43 bits per heavy atom. The standard InChI is InChI=1S/C26H29F2N7O2/c1-14(2)19-7-6-16(12-30-19)21-22(34-24-31-13-32-35(24)23(21)29)20(33-25(36)37-26(3,4)5)10-15-8-17(27)11-18(28)9-15/h6-9,11-14,20H,10,29H2,1-5H3,(H,33,36)/t20-/m0/s1. The van der Waals surface area contributed by atoms with Gasteiger partial charge in [-0.1, -0.05) is 19.9 Å². The van der Waals surface area contributed by atoms with Crippen LogP contribution < -0.4 is 11.1 Å². The number of carbonyl (C=O) groups is 1. The van der Waals surface area contributed by atoms with Crippen LogP contribution in [0.5, 0.6) is 0 Å². The van der Waals surface area contributed by atoms with E-state index >= 15 is 0 Å². The van der Waals surface area contributed by atoms with Crippen LogP contribution in [-0.2, 0) is 11.2 Å². The number of rotatable bonds is 6. The van der Waals surface area contributed by atoms with Crippen LogP contribution >= 0.6 is 0 Å². The third-order valence-electron chi connectivity index (χ3n) is 5.54. The molecule has 0 aliphatic heterocycles. The van der Waals surface area contributed by atoms with Crippen LogP contribution in [0.2, 0.25) is 0 Å². The highest BCUT2D eigenvalue weighted by Crippen LogP contribution is 2.34. The van der Waals surface area contributed by atoms with Gasteiger partial charge in [0.2, 0.25) is 0 Å². The van der Waals surface area contributed by atoms with Gasteiger partial charge in [-0.05, 0) is 56.9 Å². The van der Waals surface area contributed by atoms with Gasteiger partial charge in [-0.25, -0.2) is 18.6 Å². The normalized spacial score (nSPS) is 12.6. The molecular weight excluding hydrogens is 480 g/mol. The Kier molecular flexibility index (Phi) is 7.06. The summed E-state index contributed by atoms with van der Waals surface area (Å²) in [4.78, 5) is 26.2. The van der Waals surface area contributed by atoms with Crippen molar-refractivity contribution in [1.29, 1.82) is 0 Å². The van der Waals surface area contributed by atoms with Crippen molar-refractivity contribution in [3.63, 3.8) is 0 Å². The maximum atomic E-state index is 14.0. The van der Waals surface area contributed by atoms with Gasteiger partial charge in [0.25, 0.3) is 5.78 Å². The molecule has 0 saturated heterocycles. The van der Waals surface area contributed by atoms with Crippen molar-refractivity contribution in [2.24, 2.45) is 0 Å². The molecule has 0 saturated carbocycles. The number of hydrogen-bond donors (Lipinski definition) is 2. The van der Waals surface area contributed by atoms with E-state index in [0.717, 1.165) is 11.8 Å². The molecule has 4 aromatic rings. The lowest BCUT2D eigenvalue weighted by Gasteiger charge is -2.25. The fraction of sp³-hybridized carbons (Fsp3) is 0.346. The van der Waals surface area contributed by atoms with Gasteiger partial charge in [0.05, 0.1) is 11.7 Å². The molecule has 11 heteroatoms. The number of nitrogens with zero attached hydrogens (tertiary/aromatic N) is 5. The smallest absolute Gasteiger partial charge is 0.408 e. The minimum absolute atomic E-state index is 0.00478. The molecule has 1 atom stereocenters. The molecule has 1 aromatic carbocycles. The van der Waals surface area contributed by atoms with Gasteiger partial charge in [-0.2, -0.15) is 14.6 Å². The van der Waals surface area contributed by atoms with Gasteiger partial charge < -0.3 is 15.8 Å². The highest BCUT2D eigenvalue weighted by atomic mass is 19.1. The molecule has 0 aliphatic rings. The third-order valence-corrected chi connectivity index (χ3v) is 5.54. The molecule has 0 fully saturated rings. The van der Waals surface area contributed by atoms with E-state index < -0.39 is 29.4 Å². The molecule has 9 nitrogen and oxygen atoms in total. The first-order valence-electron chi connectivity index (χ1n) is 11.8. The van der Waals surface area contributed by atoms with E-state index in [1.165, 1.54) is 23.0 Å². The van der Waals surface area contributed by atoms with E-state index in [2.05, 4.69) is 25.4 Å². The van der Waals surface area contributed by atoms with Gasteiger partial charge in [-0.3, -0.25) is 4.98 Å². The number of nitrogens with two attached hydrogens (primary N) is 1. The first-order valence-corrected chi connectivity index (χ1v) is 11.8. The molecule has 1 amide bonds. The van der Waals surface area contributed by atoms with Crippen molar-refractivity contribution in [2.75, 3.05) is 5.73 Å². The Morgan fingerprint density at radius 1 is 1.14 bits per heavy atom. The number of amides is 1. The molecule has 0 radical (unpaired) electrons. The Balaban J connectivity index is 1.88. The molecule has 0 spiro atoms. The van der Waals surface area contributed by atoms with E-state index in [0.29, 0.717) is 22.4 Å². The molecule has 3 N–H and O–H groups in total. The predicted molar refractivity (Wildman–Crippen MR) is 135 cm³/mol. The van der Waals surface area contributed by atoms with Crippen LogP contribution in [0.3, 0.4) is 0 Å². The Bertz CT molecular complexity index is 1410. The summed E-state index contributed by atoms with van der Waals surface area (Å²) >= 11 is 0. The van der Waals surface area contributed by atoms with Crippen LogP contribution in [-0.4, -0.2) is 36.3 Å². The summed E-state index contributed by atoms with van der Waals surface area (Å²) in [5.41, 5.74) is 8.36. The topological polar surface area (TPSA) is 120 Å². The average molecular weight is 510 g/mol. The molecule has 194 valence electrons. The number of pyridine rings is 1. The largest absolute Gasteiger partial charge is 0.444 e. The number of anilines is 1. The Labute approximate surface area is 213 Å². The lowest BCUT2D eigenvalue weighted by atomic mass is 9.96. The third kappa shape index (κ3) is 5.99. The minimum atomic E-state index is -0.889. The zero-order chi connectivity index (χ0) is 26.9. The number of benzene rings is 1. The highest BCUT2D eigenvalue weighted by molar-refractivity contribution is 5.78. The van der Waals surface area contributed by atoms with E-state index in [1.807, 2.05) is 26.0 Å². The van der Waals surface area contributed by atoms with Gasteiger partial charge in [0, 0.05) is 29.1 Å². The second-order valence-electron chi connectivity index (χ2n) is 10.0. The van der Waals surface area contributed by atoms with Crippen molar-refractivity contribution in [3.05, 3.63) is 71.4 Å². The minimum Gasteiger partial charge on any atom is -0.444 e. The van der Waals surface area contributed by atoms with Crippen LogP contribution in [0.15, 0.2) is 42.9 Å². The molecule has 4 rings (SSSR count). The summed E-state index contributed by atoms with van der Waals surface area (Å²) < 4.78 is 34.9. The lowest BCUT2D eigenvalue weighted by Crippen LogP contribution is -2.36. The summed E-state index contributed by atoms with van der Waals surface area (Å²) in [7, 11) is 0. The summed E-state index contributed by atoms with van der Waals surface area (Å²) in [6.45, 7) is 9.26. The van der Waals surface area contributed by atoms with Crippen molar-refractivity contribution in [1.82, 2.24) is 29.9 Å². The molecule has 0 bridgehead atoms. The van der Waals surface area contributed by atoms with Crippen LogP contribution in [0.1, 0.15) is 63.5 Å². The Morgan fingerprint density at radius 2 is 1.84 bits per heavy atom. The lowest BCUT2D eigenvalue weighted by molar-refractivity contribution is 0.0502. The van der Waals surface area contributed by atoms with Crippen molar-refractivity contribution >= 4 is 17.7 Å². The van der Waals surface area contributed by atoms with Crippen molar-refractivity contribution in [2.45, 2.75) is 58.6 Å². The second kappa shape index (κ2) is 10.1. The number of nitrogen functional groups attached to an aromatic ring is 1. The zero-order valence-corrected chi connectivity index (χ0v) is 21.3. The van der Waals surface area contributed by atoms with Crippen LogP contribution in [0.25, 0.3) is 16.9 Å². The predicted octanol–water partition coefficient (Wildman–Crippen LogP) is 4.98. The quantitative estimate of drug-likeness (QED) is 0.376. The van der Waals surface area contributed by atoms with Crippen LogP contribution in [0, 0.1) is 11.6 Å². The fourth-order valence-electron chi connectivity index (χ4n) is 3.96. The van der Waals surface area contributed by atoms with Gasteiger partial charge >= 0.3 is 6.09 Å². The van der Waals surface area contributed by atoms with E-state index in [-0.39, 0.29) is 23.9 Å². The maximum Gasteiger partial charge on any atom is 0.408 e.